The van der Waals surface area contributed by atoms with Crippen LogP contribution >= 0.6 is 0 Å². The van der Waals surface area contributed by atoms with E-state index in [9.17, 15) is 14.9 Å². The summed E-state index contributed by atoms with van der Waals surface area (Å²) in [6.07, 6.45) is 5.38. The number of carbonyl (C=O) groups excluding carboxylic acids is 2. The zero-order valence-electron chi connectivity index (χ0n) is 18.8. The molecule has 0 aliphatic carbocycles. The molecule has 3 aromatic heterocycles. The lowest BCUT2D eigenvalue weighted by Gasteiger charge is -2.19. The summed E-state index contributed by atoms with van der Waals surface area (Å²) in [4.78, 5) is 27.3. The second-order valence-electron chi connectivity index (χ2n) is 7.65. The van der Waals surface area contributed by atoms with Crippen LogP contribution in [0.2, 0.25) is 0 Å². The quantitative estimate of drug-likeness (QED) is 0.460. The van der Waals surface area contributed by atoms with Crippen molar-refractivity contribution in [2.24, 2.45) is 0 Å². The molecule has 0 fully saturated rings. The number of carbonyl (C=O) groups is 2. The van der Waals surface area contributed by atoms with Crippen LogP contribution in [-0.4, -0.2) is 38.9 Å². The van der Waals surface area contributed by atoms with Gasteiger partial charge >= 0.3 is 0 Å². The molecule has 2 amide bonds. The number of anilines is 1. The fourth-order valence-electron chi connectivity index (χ4n) is 3.99. The van der Waals surface area contributed by atoms with E-state index in [1.54, 1.807) is 34.9 Å². The summed E-state index contributed by atoms with van der Waals surface area (Å²) < 4.78 is 9.29. The zero-order chi connectivity index (χ0) is 23.5. The van der Waals surface area contributed by atoms with Gasteiger partial charge in [0.1, 0.15) is 29.5 Å². The molecule has 1 aromatic carbocycles. The van der Waals surface area contributed by atoms with Crippen LogP contribution in [0.15, 0.2) is 59.4 Å². The van der Waals surface area contributed by atoms with Gasteiger partial charge in [0.15, 0.2) is 0 Å². The lowest BCUT2D eigenvalue weighted by molar-refractivity contribution is -0.131. The van der Waals surface area contributed by atoms with Crippen LogP contribution in [0.3, 0.4) is 0 Å². The number of hydrogen-bond acceptors (Lipinski definition) is 4. The summed E-state index contributed by atoms with van der Waals surface area (Å²) in [5.41, 5.74) is 1.89. The Morgan fingerprint density at radius 2 is 1.85 bits per heavy atom. The van der Waals surface area contributed by atoms with Crippen molar-refractivity contribution in [1.82, 2.24) is 14.0 Å². The number of furan rings is 1. The molecule has 1 N–H and O–H groups in total. The van der Waals surface area contributed by atoms with Crippen LogP contribution in [-0.2, 0) is 11.3 Å². The van der Waals surface area contributed by atoms with Gasteiger partial charge in [-0.3, -0.25) is 14.2 Å². The fourth-order valence-corrected chi connectivity index (χ4v) is 3.99. The average molecular weight is 444 g/mol. The highest BCUT2D eigenvalue weighted by Gasteiger charge is 2.24. The molecule has 168 valence electrons. The Hall–Kier alpha value is -4.25. The molecule has 0 saturated carbocycles. The second-order valence-corrected chi connectivity index (χ2v) is 7.65. The Morgan fingerprint density at radius 1 is 1.12 bits per heavy atom. The van der Waals surface area contributed by atoms with Crippen LogP contribution in [0.1, 0.15) is 35.5 Å². The molecule has 0 spiro atoms. The highest BCUT2D eigenvalue weighted by molar-refractivity contribution is 6.08. The first kappa shape index (κ1) is 22.0. The predicted molar refractivity (Wildman–Crippen MR) is 125 cm³/mol. The molecule has 0 aliphatic heterocycles. The maximum absolute atomic E-state index is 13.0. The Kier molecular flexibility index (Phi) is 6.05. The van der Waals surface area contributed by atoms with E-state index in [0.717, 1.165) is 10.9 Å². The van der Waals surface area contributed by atoms with E-state index in [1.165, 1.54) is 0 Å². The van der Waals surface area contributed by atoms with Gasteiger partial charge in [0.2, 0.25) is 11.8 Å². The number of aryl methyl sites for hydroxylation is 1. The van der Waals surface area contributed by atoms with Crippen molar-refractivity contribution in [2.45, 2.75) is 27.3 Å². The number of nitrogens with zero attached hydrogens (tertiary/aromatic N) is 4. The highest BCUT2D eigenvalue weighted by atomic mass is 16.4. The van der Waals surface area contributed by atoms with E-state index in [0.29, 0.717) is 30.4 Å². The molecule has 0 radical (unpaired) electrons. The van der Waals surface area contributed by atoms with Crippen molar-refractivity contribution in [1.29, 1.82) is 5.26 Å². The number of fused-ring (bicyclic) bond motifs is 1. The number of likely N-dealkylation sites (N-methyl/N-ethyl adjacent to an activating group) is 1. The van der Waals surface area contributed by atoms with Gasteiger partial charge < -0.3 is 19.2 Å². The minimum absolute atomic E-state index is 0.0628. The van der Waals surface area contributed by atoms with E-state index in [-0.39, 0.29) is 23.6 Å². The van der Waals surface area contributed by atoms with E-state index in [2.05, 4.69) is 11.4 Å². The van der Waals surface area contributed by atoms with E-state index < -0.39 is 5.91 Å². The van der Waals surface area contributed by atoms with Crippen LogP contribution < -0.4 is 5.32 Å². The van der Waals surface area contributed by atoms with Crippen molar-refractivity contribution >= 4 is 28.4 Å². The van der Waals surface area contributed by atoms with Gasteiger partial charge in [-0.1, -0.05) is 0 Å². The number of benzene rings is 1. The molecule has 4 aromatic rings. The SMILES string of the molecule is CCN(CC)C(=O)Cn1ccc2cc(NC(=O)c3c(C)oc(-n4cccc4)c3C#N)ccc21. The Labute approximate surface area is 191 Å². The first-order valence-corrected chi connectivity index (χ1v) is 10.8. The first-order chi connectivity index (χ1) is 16.0. The Balaban J connectivity index is 1.57. The van der Waals surface area contributed by atoms with Crippen molar-refractivity contribution in [2.75, 3.05) is 18.4 Å². The Bertz CT molecular complexity index is 1350. The molecule has 0 atom stereocenters. The molecular weight excluding hydrogens is 418 g/mol. The summed E-state index contributed by atoms with van der Waals surface area (Å²) in [5, 5.41) is 13.4. The second kappa shape index (κ2) is 9.09. The average Bonchev–Trinajstić information content (AvgIpc) is 3.53. The van der Waals surface area contributed by atoms with E-state index in [4.69, 9.17) is 4.42 Å². The largest absolute Gasteiger partial charge is 0.443 e. The number of aromatic nitrogens is 2. The third-order valence-corrected chi connectivity index (χ3v) is 5.69. The van der Waals surface area contributed by atoms with Gasteiger partial charge in [0.25, 0.3) is 5.91 Å². The van der Waals surface area contributed by atoms with Crippen LogP contribution in [0, 0.1) is 18.3 Å². The summed E-state index contributed by atoms with van der Waals surface area (Å²) >= 11 is 0. The normalized spacial score (nSPS) is 10.8. The molecule has 4 rings (SSSR count). The van der Waals surface area contributed by atoms with Crippen LogP contribution in [0.4, 0.5) is 5.69 Å². The first-order valence-electron chi connectivity index (χ1n) is 10.8. The van der Waals surface area contributed by atoms with Gasteiger partial charge in [-0.2, -0.15) is 5.26 Å². The topological polar surface area (TPSA) is 96.2 Å². The van der Waals surface area contributed by atoms with Crippen LogP contribution in [0.25, 0.3) is 16.8 Å². The molecule has 8 nitrogen and oxygen atoms in total. The lowest BCUT2D eigenvalue weighted by atomic mass is 10.1. The predicted octanol–water partition coefficient (Wildman–Crippen LogP) is 4.33. The maximum atomic E-state index is 13.0. The smallest absolute Gasteiger partial charge is 0.260 e. The van der Waals surface area contributed by atoms with Crippen molar-refractivity contribution in [3.05, 3.63) is 71.9 Å². The third-order valence-electron chi connectivity index (χ3n) is 5.69. The molecule has 33 heavy (non-hydrogen) atoms. The molecule has 0 aliphatic rings. The molecule has 8 heteroatoms. The minimum atomic E-state index is -0.415. The summed E-state index contributed by atoms with van der Waals surface area (Å²) in [5.74, 6) is 0.333. The number of hydrogen-bond donors (Lipinski definition) is 1. The Morgan fingerprint density at radius 3 is 2.52 bits per heavy atom. The van der Waals surface area contributed by atoms with Gasteiger partial charge in [0, 0.05) is 48.3 Å². The summed E-state index contributed by atoms with van der Waals surface area (Å²) in [6, 6.07) is 13.1. The maximum Gasteiger partial charge on any atom is 0.260 e. The van der Waals surface area contributed by atoms with Crippen LogP contribution in [0.5, 0.6) is 0 Å². The monoisotopic (exact) mass is 443 g/mol. The number of amides is 2. The minimum Gasteiger partial charge on any atom is -0.443 e. The van der Waals surface area contributed by atoms with Gasteiger partial charge in [-0.25, -0.2) is 0 Å². The van der Waals surface area contributed by atoms with Gasteiger partial charge in [-0.05, 0) is 57.2 Å². The number of nitrogens with one attached hydrogen (secondary N) is 1. The highest BCUT2D eigenvalue weighted by Crippen LogP contribution is 2.27. The summed E-state index contributed by atoms with van der Waals surface area (Å²) in [7, 11) is 0. The lowest BCUT2D eigenvalue weighted by Crippen LogP contribution is -2.33. The number of rotatable bonds is 7. The zero-order valence-corrected chi connectivity index (χ0v) is 18.8. The van der Waals surface area contributed by atoms with Gasteiger partial charge in [0.05, 0.1) is 0 Å². The molecular formula is C25H25N5O3. The standard InChI is InChI=1S/C25H25N5O3/c1-4-28(5-2)22(31)16-30-13-10-18-14-19(8-9-21(18)30)27-24(32)23-17(3)33-25(20(23)15-26)29-11-6-7-12-29/h6-14H,4-5,16H2,1-3H3,(H,27,32). The summed E-state index contributed by atoms with van der Waals surface area (Å²) in [6.45, 7) is 7.21. The van der Waals surface area contributed by atoms with E-state index in [1.807, 2.05) is 54.9 Å². The number of nitriles is 1. The van der Waals surface area contributed by atoms with E-state index >= 15 is 0 Å². The molecule has 3 heterocycles. The van der Waals surface area contributed by atoms with Gasteiger partial charge in [-0.15, -0.1) is 0 Å². The molecule has 0 unspecified atom stereocenters. The fraction of sp³-hybridized carbons (Fsp3) is 0.240. The molecule has 0 bridgehead atoms. The van der Waals surface area contributed by atoms with Crippen molar-refractivity contribution in [3.63, 3.8) is 0 Å². The van der Waals surface area contributed by atoms with Crippen molar-refractivity contribution in [3.8, 4) is 12.0 Å². The van der Waals surface area contributed by atoms with Crippen molar-refractivity contribution < 1.29 is 14.0 Å². The third kappa shape index (κ3) is 4.13. The molecule has 0 saturated heterocycles.